The van der Waals surface area contributed by atoms with E-state index < -0.39 is 0 Å². The van der Waals surface area contributed by atoms with Crippen molar-refractivity contribution < 1.29 is 4.52 Å². The number of likely N-dealkylation sites (tertiary alicyclic amines) is 1. The largest absolute Gasteiger partial charge is 0.338 e. The summed E-state index contributed by atoms with van der Waals surface area (Å²) in [5.41, 5.74) is 5.68. The molecule has 1 aliphatic heterocycles. The Balaban J connectivity index is 2.08. The van der Waals surface area contributed by atoms with Crippen molar-refractivity contribution >= 4 is 0 Å². The number of piperidine rings is 1. The van der Waals surface area contributed by atoms with E-state index >= 15 is 0 Å². The minimum absolute atomic E-state index is 0.174. The van der Waals surface area contributed by atoms with Gasteiger partial charge in [-0.25, -0.2) is 0 Å². The van der Waals surface area contributed by atoms with E-state index in [0.29, 0.717) is 11.8 Å². The SMILES string of the molecule is CC(N)c1nc(C2CCCN(C)C2)no1. The molecule has 0 amide bonds. The summed E-state index contributed by atoms with van der Waals surface area (Å²) in [5, 5.41) is 4.00. The standard InChI is InChI=1S/C10H18N4O/c1-7(11)10-12-9(13-15-10)8-4-3-5-14(2)6-8/h7-8H,3-6,11H2,1-2H3. The molecule has 2 heterocycles. The quantitative estimate of drug-likeness (QED) is 0.785. The van der Waals surface area contributed by atoms with Gasteiger partial charge in [0.2, 0.25) is 5.89 Å². The van der Waals surface area contributed by atoms with Gasteiger partial charge < -0.3 is 15.2 Å². The molecule has 0 aliphatic carbocycles. The van der Waals surface area contributed by atoms with Crippen LogP contribution in [0.1, 0.15) is 43.4 Å². The first kappa shape index (κ1) is 10.6. The van der Waals surface area contributed by atoms with E-state index in [-0.39, 0.29) is 6.04 Å². The third-order valence-electron chi connectivity index (χ3n) is 2.84. The van der Waals surface area contributed by atoms with E-state index in [0.717, 1.165) is 25.3 Å². The van der Waals surface area contributed by atoms with Gasteiger partial charge in [0.05, 0.1) is 6.04 Å². The monoisotopic (exact) mass is 210 g/mol. The Labute approximate surface area is 89.6 Å². The van der Waals surface area contributed by atoms with Gasteiger partial charge in [0.25, 0.3) is 0 Å². The number of nitrogens with two attached hydrogens (primary N) is 1. The first-order valence-corrected chi connectivity index (χ1v) is 5.44. The summed E-state index contributed by atoms with van der Waals surface area (Å²) in [5.74, 6) is 1.76. The maximum absolute atomic E-state index is 5.68. The molecule has 84 valence electrons. The van der Waals surface area contributed by atoms with Crippen molar-refractivity contribution in [3.63, 3.8) is 0 Å². The highest BCUT2D eigenvalue weighted by molar-refractivity contribution is 4.99. The average Bonchev–Trinajstić information content (AvgIpc) is 2.66. The van der Waals surface area contributed by atoms with Crippen LogP contribution in [-0.4, -0.2) is 35.2 Å². The number of nitrogens with zero attached hydrogens (tertiary/aromatic N) is 3. The Morgan fingerprint density at radius 3 is 3.00 bits per heavy atom. The predicted octanol–water partition coefficient (Wildman–Crippen LogP) is 0.899. The lowest BCUT2D eigenvalue weighted by Gasteiger charge is -2.27. The van der Waals surface area contributed by atoms with Crippen LogP contribution in [0.5, 0.6) is 0 Å². The fourth-order valence-corrected chi connectivity index (χ4v) is 1.98. The average molecular weight is 210 g/mol. The van der Waals surface area contributed by atoms with Crippen LogP contribution in [0.2, 0.25) is 0 Å². The lowest BCUT2D eigenvalue weighted by atomic mass is 9.98. The Kier molecular flexibility index (Phi) is 3.02. The summed E-state index contributed by atoms with van der Waals surface area (Å²) in [7, 11) is 2.12. The van der Waals surface area contributed by atoms with Gasteiger partial charge in [-0.05, 0) is 33.4 Å². The van der Waals surface area contributed by atoms with Gasteiger partial charge in [0.15, 0.2) is 5.82 Å². The molecule has 1 aromatic rings. The second-order valence-electron chi connectivity index (χ2n) is 4.38. The molecule has 0 bridgehead atoms. The third kappa shape index (κ3) is 2.35. The molecule has 5 heteroatoms. The van der Waals surface area contributed by atoms with Gasteiger partial charge >= 0.3 is 0 Å². The molecule has 0 spiro atoms. The van der Waals surface area contributed by atoms with Crippen molar-refractivity contribution in [1.29, 1.82) is 0 Å². The molecule has 2 atom stereocenters. The summed E-state index contributed by atoms with van der Waals surface area (Å²) in [6.45, 7) is 4.02. The summed E-state index contributed by atoms with van der Waals surface area (Å²) < 4.78 is 5.11. The highest BCUT2D eigenvalue weighted by atomic mass is 16.5. The van der Waals surface area contributed by atoms with Gasteiger partial charge in [-0.15, -0.1) is 0 Å². The summed E-state index contributed by atoms with van der Waals surface area (Å²) in [6, 6.07) is -0.174. The summed E-state index contributed by atoms with van der Waals surface area (Å²) in [4.78, 5) is 6.64. The number of aromatic nitrogens is 2. The van der Waals surface area contributed by atoms with E-state index in [2.05, 4.69) is 22.1 Å². The topological polar surface area (TPSA) is 68.2 Å². The maximum Gasteiger partial charge on any atom is 0.243 e. The van der Waals surface area contributed by atoms with Crippen LogP contribution in [0.15, 0.2) is 4.52 Å². The van der Waals surface area contributed by atoms with Crippen LogP contribution in [-0.2, 0) is 0 Å². The van der Waals surface area contributed by atoms with Crippen LogP contribution in [0.4, 0.5) is 0 Å². The fraction of sp³-hybridized carbons (Fsp3) is 0.800. The van der Waals surface area contributed by atoms with Crippen molar-refractivity contribution in [2.24, 2.45) is 5.73 Å². The lowest BCUT2D eigenvalue weighted by Crippen LogP contribution is -2.31. The second kappa shape index (κ2) is 4.28. The lowest BCUT2D eigenvalue weighted by molar-refractivity contribution is 0.242. The second-order valence-corrected chi connectivity index (χ2v) is 4.38. The fourth-order valence-electron chi connectivity index (χ4n) is 1.98. The minimum atomic E-state index is -0.174. The van der Waals surface area contributed by atoms with Crippen molar-refractivity contribution in [3.05, 3.63) is 11.7 Å². The van der Waals surface area contributed by atoms with Crippen LogP contribution in [0, 0.1) is 0 Å². The first-order valence-electron chi connectivity index (χ1n) is 5.44. The van der Waals surface area contributed by atoms with Crippen molar-refractivity contribution in [1.82, 2.24) is 15.0 Å². The van der Waals surface area contributed by atoms with Crippen molar-refractivity contribution in [2.75, 3.05) is 20.1 Å². The Morgan fingerprint density at radius 2 is 2.40 bits per heavy atom. The van der Waals surface area contributed by atoms with Gasteiger partial charge in [-0.2, -0.15) is 4.98 Å². The normalized spacial score (nSPS) is 25.4. The first-order chi connectivity index (χ1) is 7.16. The zero-order chi connectivity index (χ0) is 10.8. The molecular formula is C10H18N4O. The number of hydrogen-bond donors (Lipinski definition) is 1. The van der Waals surface area contributed by atoms with E-state index in [1.54, 1.807) is 0 Å². The third-order valence-corrected chi connectivity index (χ3v) is 2.84. The number of rotatable bonds is 2. The molecule has 2 N–H and O–H groups in total. The molecule has 2 rings (SSSR count). The van der Waals surface area contributed by atoms with Gasteiger partial charge in [0, 0.05) is 12.5 Å². The molecule has 1 aromatic heterocycles. The molecule has 1 saturated heterocycles. The smallest absolute Gasteiger partial charge is 0.243 e. The number of hydrogen-bond acceptors (Lipinski definition) is 5. The van der Waals surface area contributed by atoms with Crippen LogP contribution in [0.3, 0.4) is 0 Å². The molecule has 5 nitrogen and oxygen atoms in total. The molecule has 15 heavy (non-hydrogen) atoms. The van der Waals surface area contributed by atoms with Gasteiger partial charge in [-0.3, -0.25) is 0 Å². The molecule has 0 aromatic carbocycles. The summed E-state index contributed by atoms with van der Waals surface area (Å²) in [6.07, 6.45) is 2.34. The van der Waals surface area contributed by atoms with E-state index in [4.69, 9.17) is 10.3 Å². The van der Waals surface area contributed by atoms with Crippen LogP contribution >= 0.6 is 0 Å². The van der Waals surface area contributed by atoms with Crippen LogP contribution in [0.25, 0.3) is 0 Å². The highest BCUT2D eigenvalue weighted by Crippen LogP contribution is 2.24. The minimum Gasteiger partial charge on any atom is -0.338 e. The molecule has 1 fully saturated rings. The van der Waals surface area contributed by atoms with Crippen molar-refractivity contribution in [2.45, 2.75) is 31.7 Å². The zero-order valence-electron chi connectivity index (χ0n) is 9.31. The van der Waals surface area contributed by atoms with Gasteiger partial charge in [0.1, 0.15) is 0 Å². The Hall–Kier alpha value is -0.940. The Bertz CT molecular complexity index is 323. The molecule has 2 unspecified atom stereocenters. The van der Waals surface area contributed by atoms with E-state index in [1.807, 2.05) is 6.92 Å². The van der Waals surface area contributed by atoms with Gasteiger partial charge in [-0.1, -0.05) is 5.16 Å². The summed E-state index contributed by atoms with van der Waals surface area (Å²) >= 11 is 0. The predicted molar refractivity (Wildman–Crippen MR) is 56.4 cm³/mol. The molecule has 0 saturated carbocycles. The number of likely N-dealkylation sites (N-methyl/N-ethyl adjacent to an activating group) is 1. The molecule has 1 aliphatic rings. The maximum atomic E-state index is 5.68. The van der Waals surface area contributed by atoms with E-state index in [9.17, 15) is 0 Å². The van der Waals surface area contributed by atoms with E-state index in [1.165, 1.54) is 6.42 Å². The van der Waals surface area contributed by atoms with Crippen molar-refractivity contribution in [3.8, 4) is 0 Å². The molecule has 0 radical (unpaired) electrons. The molecular weight excluding hydrogens is 192 g/mol. The Morgan fingerprint density at radius 1 is 1.60 bits per heavy atom. The highest BCUT2D eigenvalue weighted by Gasteiger charge is 2.23. The van der Waals surface area contributed by atoms with Crippen LogP contribution < -0.4 is 5.73 Å². The zero-order valence-corrected chi connectivity index (χ0v) is 9.31.